The first-order chi connectivity index (χ1) is 4.41. The third-order valence-corrected chi connectivity index (χ3v) is 0.744. The molecular formula is C9H18. The number of allylic oxidation sites excluding steroid dienone is 4. The topological polar surface area (TPSA) is 0 Å². The highest BCUT2D eigenvalue weighted by Gasteiger charge is 1.61. The van der Waals surface area contributed by atoms with Gasteiger partial charge in [-0.25, -0.2) is 0 Å². The molecule has 0 radical (unpaired) electrons. The third kappa shape index (κ3) is 18.5. The van der Waals surface area contributed by atoms with E-state index in [1.54, 1.807) is 0 Å². The van der Waals surface area contributed by atoms with Crippen molar-refractivity contribution in [1.29, 1.82) is 0 Å². The number of rotatable bonds is 2. The minimum atomic E-state index is 1.08. The van der Waals surface area contributed by atoms with Gasteiger partial charge >= 0.3 is 0 Å². The van der Waals surface area contributed by atoms with Crippen LogP contribution in [0.5, 0.6) is 0 Å². The van der Waals surface area contributed by atoms with Crippen molar-refractivity contribution in [3.05, 3.63) is 24.3 Å². The number of hydrogen-bond donors (Lipinski definition) is 0. The highest BCUT2D eigenvalue weighted by Crippen LogP contribution is 1.82. The Morgan fingerprint density at radius 1 is 0.889 bits per heavy atom. The summed E-state index contributed by atoms with van der Waals surface area (Å²) in [6.45, 7) is 8.06. The van der Waals surface area contributed by atoms with Crippen molar-refractivity contribution in [2.24, 2.45) is 0 Å². The average Bonchev–Trinajstić information content (AvgIpc) is 1.94. The monoisotopic (exact) mass is 126 g/mol. The second-order valence-corrected chi connectivity index (χ2v) is 1.37. The molecule has 0 rings (SSSR count). The molecule has 0 amide bonds. The SMILES string of the molecule is C/C=C\C/C=C\C.CC. The van der Waals surface area contributed by atoms with Gasteiger partial charge in [-0.3, -0.25) is 0 Å². The molecule has 0 bridgehead atoms. The molecule has 9 heavy (non-hydrogen) atoms. The fourth-order valence-electron chi connectivity index (χ4n) is 0.351. The van der Waals surface area contributed by atoms with E-state index in [0.717, 1.165) is 6.42 Å². The van der Waals surface area contributed by atoms with Crippen LogP contribution in [0.4, 0.5) is 0 Å². The lowest BCUT2D eigenvalue weighted by Gasteiger charge is -1.73. The Balaban J connectivity index is 0. The fraction of sp³-hybridized carbons (Fsp3) is 0.556. The summed E-state index contributed by atoms with van der Waals surface area (Å²) in [5.41, 5.74) is 0. The van der Waals surface area contributed by atoms with Gasteiger partial charge in [-0.2, -0.15) is 0 Å². The van der Waals surface area contributed by atoms with Crippen LogP contribution in [-0.4, -0.2) is 0 Å². The summed E-state index contributed by atoms with van der Waals surface area (Å²) in [6.07, 6.45) is 9.44. The van der Waals surface area contributed by atoms with E-state index >= 15 is 0 Å². The summed E-state index contributed by atoms with van der Waals surface area (Å²) < 4.78 is 0. The molecule has 0 aromatic heterocycles. The Hall–Kier alpha value is -0.520. The first-order valence-corrected chi connectivity index (χ1v) is 3.64. The lowest BCUT2D eigenvalue weighted by molar-refractivity contribution is 1.36. The highest BCUT2D eigenvalue weighted by atomic mass is 13.7. The van der Waals surface area contributed by atoms with Gasteiger partial charge in [0.2, 0.25) is 0 Å². The van der Waals surface area contributed by atoms with Crippen LogP contribution in [0.25, 0.3) is 0 Å². The lowest BCUT2D eigenvalue weighted by Crippen LogP contribution is -1.52. The van der Waals surface area contributed by atoms with E-state index in [1.807, 2.05) is 27.7 Å². The first-order valence-electron chi connectivity index (χ1n) is 3.64. The molecule has 0 aliphatic carbocycles. The Kier molecular flexibility index (Phi) is 19.6. The van der Waals surface area contributed by atoms with Crippen molar-refractivity contribution in [2.75, 3.05) is 0 Å². The molecule has 0 aromatic carbocycles. The molecule has 0 nitrogen and oxygen atoms in total. The van der Waals surface area contributed by atoms with Gasteiger partial charge in [0.25, 0.3) is 0 Å². The minimum Gasteiger partial charge on any atom is -0.0914 e. The van der Waals surface area contributed by atoms with E-state index in [2.05, 4.69) is 24.3 Å². The minimum absolute atomic E-state index is 1.08. The molecule has 0 heterocycles. The zero-order valence-electron chi connectivity index (χ0n) is 7.02. The maximum Gasteiger partial charge on any atom is -0.0169 e. The van der Waals surface area contributed by atoms with Crippen LogP contribution in [-0.2, 0) is 0 Å². The van der Waals surface area contributed by atoms with E-state index in [4.69, 9.17) is 0 Å². The van der Waals surface area contributed by atoms with Gasteiger partial charge in [0, 0.05) is 0 Å². The van der Waals surface area contributed by atoms with Crippen LogP contribution in [0, 0.1) is 0 Å². The van der Waals surface area contributed by atoms with Gasteiger partial charge in [-0.05, 0) is 20.3 Å². The summed E-state index contributed by atoms with van der Waals surface area (Å²) in [7, 11) is 0. The summed E-state index contributed by atoms with van der Waals surface area (Å²) in [5, 5.41) is 0. The molecule has 54 valence electrons. The molecule has 0 atom stereocenters. The average molecular weight is 126 g/mol. The molecule has 0 N–H and O–H groups in total. The predicted octanol–water partition coefficient (Wildman–Crippen LogP) is 3.55. The van der Waals surface area contributed by atoms with E-state index in [9.17, 15) is 0 Å². The van der Waals surface area contributed by atoms with Gasteiger partial charge in [0.05, 0.1) is 0 Å². The summed E-state index contributed by atoms with van der Waals surface area (Å²) in [4.78, 5) is 0. The van der Waals surface area contributed by atoms with Crippen molar-refractivity contribution in [2.45, 2.75) is 34.1 Å². The molecule has 0 saturated carbocycles. The maximum absolute atomic E-state index is 2.12. The van der Waals surface area contributed by atoms with Gasteiger partial charge in [-0.15, -0.1) is 0 Å². The maximum atomic E-state index is 2.12. The van der Waals surface area contributed by atoms with Gasteiger partial charge in [-0.1, -0.05) is 38.2 Å². The summed E-state index contributed by atoms with van der Waals surface area (Å²) >= 11 is 0. The molecule has 0 aliphatic rings. The predicted molar refractivity (Wildman–Crippen MR) is 45.6 cm³/mol. The molecule has 0 fully saturated rings. The molecule has 0 aliphatic heterocycles. The van der Waals surface area contributed by atoms with E-state index in [1.165, 1.54) is 0 Å². The second kappa shape index (κ2) is 15.6. The van der Waals surface area contributed by atoms with Crippen LogP contribution in [0.15, 0.2) is 24.3 Å². The molecule has 0 saturated heterocycles. The molecule has 0 heteroatoms. The quantitative estimate of drug-likeness (QED) is 0.496. The molecule has 0 aromatic rings. The Morgan fingerprint density at radius 2 is 1.22 bits per heavy atom. The largest absolute Gasteiger partial charge is 0.0914 e. The van der Waals surface area contributed by atoms with Crippen molar-refractivity contribution in [3.8, 4) is 0 Å². The second-order valence-electron chi connectivity index (χ2n) is 1.37. The van der Waals surface area contributed by atoms with Crippen molar-refractivity contribution in [3.63, 3.8) is 0 Å². The number of hydrogen-bond acceptors (Lipinski definition) is 0. The van der Waals surface area contributed by atoms with Gasteiger partial charge in [0.1, 0.15) is 0 Å². The first kappa shape index (κ1) is 11.3. The van der Waals surface area contributed by atoms with Crippen LogP contribution in [0.3, 0.4) is 0 Å². The van der Waals surface area contributed by atoms with Gasteiger partial charge < -0.3 is 0 Å². The van der Waals surface area contributed by atoms with Gasteiger partial charge in [0.15, 0.2) is 0 Å². The summed E-state index contributed by atoms with van der Waals surface area (Å²) in [5.74, 6) is 0. The smallest absolute Gasteiger partial charge is 0.0169 e. The Bertz CT molecular complexity index is 58.1. The van der Waals surface area contributed by atoms with Crippen LogP contribution >= 0.6 is 0 Å². The standard InChI is InChI=1S/C7H12.C2H6/c1-3-5-7-6-4-2;1-2/h3-6H,7H2,1-2H3;1-2H3/b5-3-,6-4-;. The van der Waals surface area contributed by atoms with Crippen LogP contribution < -0.4 is 0 Å². The zero-order valence-corrected chi connectivity index (χ0v) is 7.02. The van der Waals surface area contributed by atoms with Crippen LogP contribution in [0.1, 0.15) is 34.1 Å². The lowest BCUT2D eigenvalue weighted by atomic mass is 10.3. The van der Waals surface area contributed by atoms with E-state index in [-0.39, 0.29) is 0 Å². The third-order valence-electron chi connectivity index (χ3n) is 0.744. The van der Waals surface area contributed by atoms with Crippen molar-refractivity contribution in [1.82, 2.24) is 0 Å². The summed E-state index contributed by atoms with van der Waals surface area (Å²) in [6, 6.07) is 0. The van der Waals surface area contributed by atoms with E-state index < -0.39 is 0 Å². The zero-order chi connectivity index (χ0) is 7.54. The van der Waals surface area contributed by atoms with Crippen molar-refractivity contribution < 1.29 is 0 Å². The van der Waals surface area contributed by atoms with Crippen LogP contribution in [0.2, 0.25) is 0 Å². The molecule has 0 unspecified atom stereocenters. The van der Waals surface area contributed by atoms with Crippen molar-refractivity contribution >= 4 is 0 Å². The Morgan fingerprint density at radius 3 is 1.44 bits per heavy atom. The molecular weight excluding hydrogens is 108 g/mol. The normalized spacial score (nSPS) is 9.78. The highest BCUT2D eigenvalue weighted by molar-refractivity contribution is 4.88. The fourth-order valence-corrected chi connectivity index (χ4v) is 0.351. The molecule has 0 spiro atoms. The van der Waals surface area contributed by atoms with E-state index in [0.29, 0.717) is 0 Å². The Labute approximate surface area is 59.3 Å².